The molecule has 1 aliphatic carbocycles. The van der Waals surface area contributed by atoms with Crippen molar-refractivity contribution in [2.24, 2.45) is 0 Å². The molecule has 5 aromatic carbocycles. The highest BCUT2D eigenvalue weighted by atomic mass is 32.2. The molecule has 3 N–H and O–H groups in total. The molecule has 1 heterocycles. The second-order valence-electron chi connectivity index (χ2n) is 10.4. The Kier molecular flexibility index (Phi) is 6.92. The van der Waals surface area contributed by atoms with Crippen LogP contribution in [0.5, 0.6) is 17.2 Å². The summed E-state index contributed by atoms with van der Waals surface area (Å²) in [5, 5.41) is 3.72. The Balaban J connectivity index is 1.49. The van der Waals surface area contributed by atoms with Gasteiger partial charge in [-0.3, -0.25) is 14.1 Å². The number of nitrogens with one attached hydrogen (secondary N) is 2. The fourth-order valence-corrected chi connectivity index (χ4v) is 6.00. The summed E-state index contributed by atoms with van der Waals surface area (Å²) in [5.74, 6) is 1.12. The number of carbonyl (C=O) groups excluding carboxylic acids is 1. The van der Waals surface area contributed by atoms with Gasteiger partial charge in [0.05, 0.1) is 27.2 Å². The lowest BCUT2D eigenvalue weighted by Crippen LogP contribution is -2.22. The van der Waals surface area contributed by atoms with E-state index >= 15 is 0 Å². The van der Waals surface area contributed by atoms with E-state index in [2.05, 4.69) is 10.3 Å². The lowest BCUT2D eigenvalue weighted by Gasteiger charge is -2.26. The minimum Gasteiger partial charge on any atom is -0.489 e. The Labute approximate surface area is 257 Å². The first-order chi connectivity index (χ1) is 21.8. The summed E-state index contributed by atoms with van der Waals surface area (Å²) in [7, 11) is -4.40. The number of ether oxygens (including phenoxy) is 2. The van der Waals surface area contributed by atoms with Crippen LogP contribution >= 0.6 is 0 Å². The molecule has 0 radical (unpaired) electrons. The molecule has 0 saturated carbocycles. The average molecular weight is 617 g/mol. The van der Waals surface area contributed by atoms with Crippen LogP contribution in [0.15, 0.2) is 125 Å². The minimum atomic E-state index is -4.40. The largest absolute Gasteiger partial charge is 0.489 e. The van der Waals surface area contributed by atoms with E-state index in [9.17, 15) is 22.6 Å². The Bertz CT molecular complexity index is 2270. The number of H-pyrrole nitrogens is 1. The first kappa shape index (κ1) is 28.1. The number of aromatic amines is 1. The molecule has 0 unspecified atom stereocenters. The SMILES string of the molecule is O=C1c2ccccc2-c2c(COc3ccccc3)c(=O)[nH]c3c(Oc4ccccc4)cc(Nc4ccc(S(=O)(=O)O)cc4)c1c23. The van der Waals surface area contributed by atoms with Gasteiger partial charge in [0.15, 0.2) is 11.5 Å². The lowest BCUT2D eigenvalue weighted by atomic mass is 9.81. The van der Waals surface area contributed by atoms with E-state index in [1.807, 2.05) is 48.5 Å². The molecule has 0 amide bonds. The number of pyridine rings is 1. The van der Waals surface area contributed by atoms with E-state index in [1.54, 1.807) is 42.5 Å². The van der Waals surface area contributed by atoms with E-state index in [4.69, 9.17) is 9.47 Å². The number of benzene rings is 5. The van der Waals surface area contributed by atoms with E-state index in [1.165, 1.54) is 24.3 Å². The molecule has 9 nitrogen and oxygen atoms in total. The third kappa shape index (κ3) is 5.22. The highest BCUT2D eigenvalue weighted by Crippen LogP contribution is 2.47. The molecule has 0 spiro atoms. The van der Waals surface area contributed by atoms with Gasteiger partial charge in [-0.15, -0.1) is 0 Å². The van der Waals surface area contributed by atoms with Gasteiger partial charge in [0.1, 0.15) is 18.1 Å². The third-order valence-corrected chi connectivity index (χ3v) is 8.42. The Morgan fingerprint density at radius 1 is 0.733 bits per heavy atom. The van der Waals surface area contributed by atoms with Crippen LogP contribution in [-0.4, -0.2) is 23.7 Å². The van der Waals surface area contributed by atoms with Crippen molar-refractivity contribution < 1.29 is 27.2 Å². The molecular weight excluding hydrogens is 592 g/mol. The first-order valence-electron chi connectivity index (χ1n) is 13.9. The quantitative estimate of drug-likeness (QED) is 0.154. The molecular formula is C35H24N2O7S. The van der Waals surface area contributed by atoms with Crippen molar-refractivity contribution in [1.29, 1.82) is 0 Å². The van der Waals surface area contributed by atoms with Crippen molar-refractivity contribution in [3.05, 3.63) is 142 Å². The van der Waals surface area contributed by atoms with Gasteiger partial charge in [0, 0.05) is 28.3 Å². The van der Waals surface area contributed by atoms with Gasteiger partial charge >= 0.3 is 0 Å². The topological polar surface area (TPSA) is 135 Å². The maximum Gasteiger partial charge on any atom is 0.294 e. The number of anilines is 2. The Morgan fingerprint density at radius 2 is 1.36 bits per heavy atom. The number of para-hydroxylation sites is 2. The van der Waals surface area contributed by atoms with Crippen molar-refractivity contribution in [2.45, 2.75) is 11.5 Å². The standard InChI is InChI=1S/C35H24N2O7S/c38-34-26-14-8-7-13-25(26)30-27(20-43-22-9-3-1-4-10-22)35(39)37-33-29(44-23-11-5-2-6-12-23)19-28(31(34)32(30)33)36-21-15-17-24(18-16-21)45(40,41)42/h1-19,36H,20H2,(H,37,39)(H,40,41,42). The van der Waals surface area contributed by atoms with Gasteiger partial charge in [-0.1, -0.05) is 60.7 Å². The van der Waals surface area contributed by atoms with Crippen molar-refractivity contribution in [1.82, 2.24) is 4.98 Å². The molecule has 0 aliphatic heterocycles. The highest BCUT2D eigenvalue weighted by molar-refractivity contribution is 7.85. The zero-order chi connectivity index (χ0) is 31.1. The van der Waals surface area contributed by atoms with Gasteiger partial charge < -0.3 is 19.8 Å². The van der Waals surface area contributed by atoms with Crippen molar-refractivity contribution in [3.63, 3.8) is 0 Å². The third-order valence-electron chi connectivity index (χ3n) is 7.55. The normalized spacial score (nSPS) is 12.1. The van der Waals surface area contributed by atoms with E-state index in [-0.39, 0.29) is 28.6 Å². The lowest BCUT2D eigenvalue weighted by molar-refractivity contribution is 0.104. The number of rotatable bonds is 8. The van der Waals surface area contributed by atoms with Crippen LogP contribution in [-0.2, 0) is 16.7 Å². The van der Waals surface area contributed by atoms with Crippen LogP contribution in [0.1, 0.15) is 21.5 Å². The molecule has 222 valence electrons. The fourth-order valence-electron chi connectivity index (χ4n) is 5.52. The predicted molar refractivity (Wildman–Crippen MR) is 170 cm³/mol. The fraction of sp³-hybridized carbons (Fsp3) is 0.0286. The van der Waals surface area contributed by atoms with Gasteiger partial charge in [-0.05, 0) is 54.1 Å². The average Bonchev–Trinajstić information content (AvgIpc) is 3.04. The van der Waals surface area contributed by atoms with E-state index < -0.39 is 10.1 Å². The van der Waals surface area contributed by atoms with Crippen LogP contribution in [0.25, 0.3) is 22.0 Å². The van der Waals surface area contributed by atoms with Crippen LogP contribution in [0.3, 0.4) is 0 Å². The van der Waals surface area contributed by atoms with Crippen LogP contribution < -0.4 is 20.3 Å². The zero-order valence-corrected chi connectivity index (χ0v) is 24.3. The number of hydrogen-bond acceptors (Lipinski definition) is 7. The van der Waals surface area contributed by atoms with Crippen molar-refractivity contribution in [2.75, 3.05) is 5.32 Å². The second kappa shape index (κ2) is 11.1. The Hall–Kier alpha value is -5.71. The van der Waals surface area contributed by atoms with E-state index in [0.717, 1.165) is 0 Å². The van der Waals surface area contributed by atoms with Crippen molar-refractivity contribution in [3.8, 4) is 28.4 Å². The minimum absolute atomic E-state index is 0.0593. The van der Waals surface area contributed by atoms with Gasteiger partial charge in [-0.2, -0.15) is 8.42 Å². The summed E-state index contributed by atoms with van der Waals surface area (Å²) in [4.78, 5) is 30.7. The number of aromatic nitrogens is 1. The summed E-state index contributed by atoms with van der Waals surface area (Å²) in [5.41, 5.74) is 2.98. The summed E-state index contributed by atoms with van der Waals surface area (Å²) < 4.78 is 45.0. The zero-order valence-electron chi connectivity index (χ0n) is 23.5. The summed E-state index contributed by atoms with van der Waals surface area (Å²) in [6, 6.07) is 32.4. The maximum atomic E-state index is 14.2. The molecule has 0 bridgehead atoms. The monoisotopic (exact) mass is 616 g/mol. The molecule has 1 aliphatic rings. The second-order valence-corrected chi connectivity index (χ2v) is 11.8. The van der Waals surface area contributed by atoms with Gasteiger partial charge in [0.25, 0.3) is 15.7 Å². The molecule has 10 heteroatoms. The van der Waals surface area contributed by atoms with Gasteiger partial charge in [-0.25, -0.2) is 0 Å². The van der Waals surface area contributed by atoms with Crippen LogP contribution in [0, 0.1) is 0 Å². The molecule has 7 rings (SSSR count). The molecule has 6 aromatic rings. The molecule has 0 saturated heterocycles. The van der Waals surface area contributed by atoms with Crippen LogP contribution in [0.4, 0.5) is 11.4 Å². The van der Waals surface area contributed by atoms with Gasteiger partial charge in [0.2, 0.25) is 0 Å². The predicted octanol–water partition coefficient (Wildman–Crippen LogP) is 7.10. The summed E-state index contributed by atoms with van der Waals surface area (Å²) in [6.07, 6.45) is 0. The maximum absolute atomic E-state index is 14.2. The molecule has 0 fully saturated rings. The summed E-state index contributed by atoms with van der Waals surface area (Å²) in [6.45, 7) is -0.0593. The molecule has 1 aromatic heterocycles. The molecule has 45 heavy (non-hydrogen) atoms. The number of hydrogen-bond donors (Lipinski definition) is 3. The van der Waals surface area contributed by atoms with Crippen LogP contribution in [0.2, 0.25) is 0 Å². The highest BCUT2D eigenvalue weighted by Gasteiger charge is 2.33. The summed E-state index contributed by atoms with van der Waals surface area (Å²) >= 11 is 0. The number of ketones is 1. The smallest absolute Gasteiger partial charge is 0.294 e. The van der Waals surface area contributed by atoms with E-state index in [0.29, 0.717) is 61.6 Å². The first-order valence-corrected chi connectivity index (χ1v) is 15.4. The Morgan fingerprint density at radius 3 is 2.02 bits per heavy atom. The number of fused-ring (bicyclic) bond motifs is 2. The van der Waals surface area contributed by atoms with Crippen molar-refractivity contribution >= 4 is 38.2 Å². The molecule has 0 atom stereocenters. The number of carbonyl (C=O) groups is 1.